The Bertz CT molecular complexity index is 749. The molecule has 2 aromatic carbocycles. The van der Waals surface area contributed by atoms with Gasteiger partial charge in [-0.2, -0.15) is 0 Å². The molecule has 27 heavy (non-hydrogen) atoms. The number of halogens is 1. The van der Waals surface area contributed by atoms with Crippen molar-refractivity contribution in [3.8, 4) is 0 Å². The molecule has 0 aliphatic rings. The second kappa shape index (κ2) is 10.7. The summed E-state index contributed by atoms with van der Waals surface area (Å²) in [6.07, 6.45) is 1.58. The summed E-state index contributed by atoms with van der Waals surface area (Å²) in [6.45, 7) is 4.93. The lowest BCUT2D eigenvalue weighted by molar-refractivity contribution is -0.140. The Kier molecular flexibility index (Phi) is 8.34. The van der Waals surface area contributed by atoms with Gasteiger partial charge in [0, 0.05) is 18.1 Å². The van der Waals surface area contributed by atoms with Crippen LogP contribution in [0.2, 0.25) is 5.02 Å². The van der Waals surface area contributed by atoms with Gasteiger partial charge in [0.15, 0.2) is 0 Å². The number of hydrogen-bond acceptors (Lipinski definition) is 2. The van der Waals surface area contributed by atoms with E-state index in [2.05, 4.69) is 5.32 Å². The average molecular weight is 387 g/mol. The van der Waals surface area contributed by atoms with Crippen LogP contribution in [-0.2, 0) is 22.6 Å². The highest BCUT2D eigenvalue weighted by molar-refractivity contribution is 6.31. The summed E-state index contributed by atoms with van der Waals surface area (Å²) in [4.78, 5) is 27.5. The Labute approximate surface area is 166 Å². The van der Waals surface area contributed by atoms with Gasteiger partial charge in [0.2, 0.25) is 11.8 Å². The summed E-state index contributed by atoms with van der Waals surface area (Å²) in [7, 11) is 0. The molecule has 1 unspecified atom stereocenters. The zero-order valence-electron chi connectivity index (χ0n) is 16.0. The van der Waals surface area contributed by atoms with Crippen molar-refractivity contribution < 1.29 is 9.59 Å². The monoisotopic (exact) mass is 386 g/mol. The van der Waals surface area contributed by atoms with Crippen LogP contribution in [0.5, 0.6) is 0 Å². The topological polar surface area (TPSA) is 49.4 Å². The van der Waals surface area contributed by atoms with Crippen molar-refractivity contribution in [3.05, 3.63) is 70.7 Å². The molecular weight excluding hydrogens is 360 g/mol. The molecule has 4 nitrogen and oxygen atoms in total. The number of carbonyl (C=O) groups is 2. The molecular formula is C22H27ClN2O2. The van der Waals surface area contributed by atoms with Crippen molar-refractivity contribution in [3.63, 3.8) is 0 Å². The summed E-state index contributed by atoms with van der Waals surface area (Å²) in [5.41, 5.74) is 1.76. The van der Waals surface area contributed by atoms with Crippen LogP contribution in [0.25, 0.3) is 0 Å². The van der Waals surface area contributed by atoms with E-state index in [9.17, 15) is 9.59 Å². The van der Waals surface area contributed by atoms with Crippen molar-refractivity contribution in [1.82, 2.24) is 10.2 Å². The third kappa shape index (κ3) is 6.10. The zero-order chi connectivity index (χ0) is 19.6. The predicted molar refractivity (Wildman–Crippen MR) is 110 cm³/mol. The third-order valence-corrected chi connectivity index (χ3v) is 4.80. The van der Waals surface area contributed by atoms with Crippen LogP contribution in [-0.4, -0.2) is 29.3 Å². The number of nitrogens with one attached hydrogen (secondary N) is 1. The van der Waals surface area contributed by atoms with Gasteiger partial charge in [0.05, 0.1) is 6.42 Å². The Morgan fingerprint density at radius 2 is 1.70 bits per heavy atom. The maximum Gasteiger partial charge on any atom is 0.242 e. The van der Waals surface area contributed by atoms with Crippen molar-refractivity contribution in [2.75, 3.05) is 6.54 Å². The molecule has 0 aliphatic heterocycles. The van der Waals surface area contributed by atoms with Crippen LogP contribution in [0.1, 0.15) is 37.8 Å². The maximum absolute atomic E-state index is 13.1. The van der Waals surface area contributed by atoms with Crippen molar-refractivity contribution >= 4 is 23.4 Å². The van der Waals surface area contributed by atoms with E-state index in [4.69, 9.17) is 11.6 Å². The van der Waals surface area contributed by atoms with Crippen LogP contribution in [0, 0.1) is 0 Å². The molecule has 0 bridgehead atoms. The molecule has 0 saturated carbocycles. The van der Waals surface area contributed by atoms with E-state index in [-0.39, 0.29) is 18.2 Å². The predicted octanol–water partition coefficient (Wildman–Crippen LogP) is 4.22. The highest BCUT2D eigenvalue weighted by Gasteiger charge is 2.28. The minimum Gasteiger partial charge on any atom is -0.354 e. The first-order valence-electron chi connectivity index (χ1n) is 9.41. The standard InChI is InChI=1S/C22H27ClN2O2/c1-3-14-24-22(27)20(4-2)25(16-17-10-6-5-7-11-17)21(26)15-18-12-8-9-13-19(18)23/h5-13,20H,3-4,14-16H2,1-2H3,(H,24,27). The second-order valence-electron chi connectivity index (χ2n) is 6.49. The Balaban J connectivity index is 2.25. The molecule has 0 radical (unpaired) electrons. The molecule has 1 N–H and O–H groups in total. The van der Waals surface area contributed by atoms with Gasteiger partial charge < -0.3 is 10.2 Å². The van der Waals surface area contributed by atoms with E-state index in [0.29, 0.717) is 24.5 Å². The van der Waals surface area contributed by atoms with Crippen molar-refractivity contribution in [2.24, 2.45) is 0 Å². The Hall–Kier alpha value is -2.33. The van der Waals surface area contributed by atoms with E-state index >= 15 is 0 Å². The van der Waals surface area contributed by atoms with Crippen LogP contribution in [0.15, 0.2) is 54.6 Å². The lowest BCUT2D eigenvalue weighted by atomic mass is 10.1. The first-order valence-corrected chi connectivity index (χ1v) is 9.79. The zero-order valence-corrected chi connectivity index (χ0v) is 16.7. The SMILES string of the molecule is CCCNC(=O)C(CC)N(Cc1ccccc1)C(=O)Cc1ccccc1Cl. The second-order valence-corrected chi connectivity index (χ2v) is 6.90. The van der Waals surface area contributed by atoms with Gasteiger partial charge in [-0.25, -0.2) is 0 Å². The summed E-state index contributed by atoms with van der Waals surface area (Å²) in [5, 5.41) is 3.48. The molecule has 0 fully saturated rings. The van der Waals surface area contributed by atoms with Gasteiger partial charge in [-0.3, -0.25) is 9.59 Å². The Morgan fingerprint density at radius 1 is 1.04 bits per heavy atom. The summed E-state index contributed by atoms with van der Waals surface area (Å²) >= 11 is 6.23. The highest BCUT2D eigenvalue weighted by atomic mass is 35.5. The molecule has 0 heterocycles. The molecule has 2 amide bonds. The number of amides is 2. The fourth-order valence-electron chi connectivity index (χ4n) is 2.97. The van der Waals surface area contributed by atoms with E-state index in [1.165, 1.54) is 0 Å². The number of nitrogens with zero attached hydrogens (tertiary/aromatic N) is 1. The van der Waals surface area contributed by atoms with E-state index < -0.39 is 6.04 Å². The fraction of sp³-hybridized carbons (Fsp3) is 0.364. The van der Waals surface area contributed by atoms with Gasteiger partial charge in [-0.05, 0) is 30.0 Å². The lowest BCUT2D eigenvalue weighted by Crippen LogP contribution is -2.49. The molecule has 144 valence electrons. The van der Waals surface area contributed by atoms with E-state index in [1.54, 1.807) is 11.0 Å². The first kappa shape index (κ1) is 21.0. The molecule has 0 spiro atoms. The maximum atomic E-state index is 13.1. The normalized spacial score (nSPS) is 11.7. The largest absolute Gasteiger partial charge is 0.354 e. The first-order chi connectivity index (χ1) is 13.1. The molecule has 0 aliphatic carbocycles. The van der Waals surface area contributed by atoms with E-state index in [0.717, 1.165) is 17.5 Å². The quantitative estimate of drug-likeness (QED) is 0.701. The minimum absolute atomic E-state index is 0.106. The van der Waals surface area contributed by atoms with Gasteiger partial charge in [-0.1, -0.05) is 74.0 Å². The van der Waals surface area contributed by atoms with E-state index in [1.807, 2.05) is 62.4 Å². The summed E-state index contributed by atoms with van der Waals surface area (Å²) in [5.74, 6) is -0.215. The summed E-state index contributed by atoms with van der Waals surface area (Å²) < 4.78 is 0. The van der Waals surface area contributed by atoms with Crippen LogP contribution >= 0.6 is 11.6 Å². The highest BCUT2D eigenvalue weighted by Crippen LogP contribution is 2.19. The third-order valence-electron chi connectivity index (χ3n) is 4.43. The van der Waals surface area contributed by atoms with Crippen LogP contribution in [0.4, 0.5) is 0 Å². The average Bonchev–Trinajstić information content (AvgIpc) is 2.68. The van der Waals surface area contributed by atoms with Crippen LogP contribution in [0.3, 0.4) is 0 Å². The molecule has 2 rings (SSSR count). The molecule has 0 aromatic heterocycles. The van der Waals surface area contributed by atoms with Crippen LogP contribution < -0.4 is 5.32 Å². The molecule has 1 atom stereocenters. The smallest absolute Gasteiger partial charge is 0.242 e. The van der Waals surface area contributed by atoms with Gasteiger partial charge in [0.25, 0.3) is 0 Å². The van der Waals surface area contributed by atoms with Gasteiger partial charge in [0.1, 0.15) is 6.04 Å². The lowest BCUT2D eigenvalue weighted by Gasteiger charge is -2.31. The molecule has 2 aromatic rings. The van der Waals surface area contributed by atoms with Crippen molar-refractivity contribution in [2.45, 2.75) is 45.7 Å². The van der Waals surface area contributed by atoms with Gasteiger partial charge >= 0.3 is 0 Å². The number of carbonyl (C=O) groups excluding carboxylic acids is 2. The Morgan fingerprint density at radius 3 is 2.33 bits per heavy atom. The van der Waals surface area contributed by atoms with Crippen molar-refractivity contribution in [1.29, 1.82) is 0 Å². The number of rotatable bonds is 9. The number of hydrogen-bond donors (Lipinski definition) is 1. The van der Waals surface area contributed by atoms with Gasteiger partial charge in [-0.15, -0.1) is 0 Å². The number of benzene rings is 2. The molecule has 0 saturated heterocycles. The summed E-state index contributed by atoms with van der Waals surface area (Å²) in [6, 6.07) is 16.5. The minimum atomic E-state index is -0.508. The molecule has 5 heteroatoms. The fourth-order valence-corrected chi connectivity index (χ4v) is 3.17.